The van der Waals surface area contributed by atoms with Crippen LogP contribution in [-0.4, -0.2) is 74.5 Å². The smallest absolute Gasteiger partial charge is 0.157 e. The van der Waals surface area contributed by atoms with E-state index in [9.17, 15) is 56.2 Å². The van der Waals surface area contributed by atoms with E-state index in [2.05, 4.69) is 0 Å². The van der Waals surface area contributed by atoms with Crippen molar-refractivity contribution in [3.63, 3.8) is 0 Å². The van der Waals surface area contributed by atoms with Crippen LogP contribution in [0.25, 0.3) is 0 Å². The van der Waals surface area contributed by atoms with Crippen molar-refractivity contribution in [3.05, 3.63) is 146 Å². The molecule has 0 amide bonds. The first kappa shape index (κ1) is 60.8. The van der Waals surface area contributed by atoms with Gasteiger partial charge >= 0.3 is 0 Å². The average Bonchev–Trinajstić information content (AvgIpc) is 3.22. The predicted molar refractivity (Wildman–Crippen MR) is 226 cm³/mol. The van der Waals surface area contributed by atoms with Crippen molar-refractivity contribution in [3.8, 4) is 63.2 Å². The Kier molecular flexibility index (Phi) is 21.7. The summed E-state index contributed by atoms with van der Waals surface area (Å²) in [6.07, 6.45) is -8.47. The summed E-state index contributed by atoms with van der Waals surface area (Å²) in [6, 6.07) is 19.0. The number of hydrogen-bond donors (Lipinski definition) is 11. The number of fused-ring (bicyclic) bond motifs is 3. The zero-order valence-electron chi connectivity index (χ0n) is 37.4. The monoisotopic (exact) mass is 1990 g/mol. The predicted octanol–water partition coefficient (Wildman–Crippen LogP) is 6.86. The van der Waals surface area contributed by atoms with Crippen molar-refractivity contribution in [1.82, 2.24) is 0 Å². The third-order valence-electron chi connectivity index (χ3n) is 12.8. The van der Waals surface area contributed by atoms with Crippen molar-refractivity contribution >= 4 is 0 Å². The molecule has 3 aliphatic heterocycles. The number of hydrogen-bond acceptors (Lipinski definition) is 14. The fourth-order valence-electron chi connectivity index (χ4n) is 9.59. The summed E-state index contributed by atoms with van der Waals surface area (Å²) < 4.78 is 19.7. The van der Waals surface area contributed by atoms with Gasteiger partial charge in [0.05, 0.1) is 17.9 Å². The van der Waals surface area contributed by atoms with Crippen LogP contribution in [0.1, 0.15) is 96.9 Å². The van der Waals surface area contributed by atoms with Crippen molar-refractivity contribution in [1.29, 1.82) is 0 Å². The summed E-state index contributed by atoms with van der Waals surface area (Å²) in [5.41, 5.74) is 4.72. The van der Waals surface area contributed by atoms with E-state index in [-0.39, 0.29) is 272 Å². The maximum Gasteiger partial charge on any atom is 0.157 e. The molecule has 0 aromatic heterocycles. The number of phenols is 8. The molecule has 0 fully saturated rings. The molecule has 3 heterocycles. The molecule has 5 radical (unpaired) electrons. The van der Waals surface area contributed by atoms with Gasteiger partial charge in [-0.1, -0.05) is 36.4 Å². The molecule has 6 aromatic rings. The van der Waals surface area contributed by atoms with Crippen molar-refractivity contribution in [2.24, 2.45) is 0 Å². The van der Waals surface area contributed by atoms with Crippen LogP contribution >= 0.6 is 0 Å². The topological polar surface area (TPSA) is 250 Å². The molecule has 68 heavy (non-hydrogen) atoms. The van der Waals surface area contributed by atoms with E-state index < -0.39 is 94.5 Å². The summed E-state index contributed by atoms with van der Waals surface area (Å²) in [5, 5.41) is 125. The Bertz CT molecular complexity index is 2860. The molecular formula is C49H46Ac5O14. The standard InChI is InChI=1S/C49H46O14.5Ac/c1-19-11-22(4)37-36(12-19)61-46(23-6-5-20(2)21(3)13-23)43(59)41(37)39-33(56)18-34(57)40-42(44(60)47(63-49(39)40)25-8-10-28(51)31(54)15-25)38-32(55)17-29(52)26-16-35(58)45(62-48(26)38)24-7-9-27(50)30(53)14-24;;;;;/h5-15,17-18,35,41-47,50-60H,16H2,1-4H3;;;;;. The molecule has 8 atom stereocenters. The van der Waals surface area contributed by atoms with Crippen LogP contribution in [0.15, 0.2) is 78.9 Å². The van der Waals surface area contributed by atoms with E-state index in [0.717, 1.165) is 28.8 Å². The largest absolute Gasteiger partial charge is 0.507 e. The quantitative estimate of drug-likeness (QED) is 0.0791. The number of benzene rings is 6. The van der Waals surface area contributed by atoms with Gasteiger partial charge in [0.2, 0.25) is 0 Å². The van der Waals surface area contributed by atoms with Crippen molar-refractivity contribution in [2.45, 2.75) is 82.6 Å². The maximum absolute atomic E-state index is 12.6. The van der Waals surface area contributed by atoms with Gasteiger partial charge in [-0.25, -0.2) is 0 Å². The van der Waals surface area contributed by atoms with Gasteiger partial charge in [0.25, 0.3) is 0 Å². The molecule has 6 aromatic carbocycles. The van der Waals surface area contributed by atoms with Gasteiger partial charge in [-0.2, -0.15) is 0 Å². The number of ether oxygens (including phenoxy) is 3. The van der Waals surface area contributed by atoms with Gasteiger partial charge in [-0.15, -0.1) is 0 Å². The summed E-state index contributed by atoms with van der Waals surface area (Å²) in [7, 11) is 0. The van der Waals surface area contributed by atoms with Crippen LogP contribution in [0.5, 0.6) is 63.2 Å². The number of aliphatic hydroxyl groups excluding tert-OH is 3. The van der Waals surface area contributed by atoms with E-state index >= 15 is 0 Å². The van der Waals surface area contributed by atoms with Crippen molar-refractivity contribution < 1.29 is 291 Å². The molecule has 341 valence electrons. The molecule has 0 bridgehead atoms. The summed E-state index contributed by atoms with van der Waals surface area (Å²) >= 11 is 0. The summed E-state index contributed by atoms with van der Waals surface area (Å²) in [6.45, 7) is 7.63. The molecule has 0 spiro atoms. The van der Waals surface area contributed by atoms with Crippen LogP contribution in [0, 0.1) is 248 Å². The normalized spacial score (nSPS) is 21.9. The Morgan fingerprint density at radius 3 is 1.40 bits per heavy atom. The van der Waals surface area contributed by atoms with Gasteiger partial charge in [0, 0.05) is 267 Å². The van der Waals surface area contributed by atoms with Crippen LogP contribution in [0.4, 0.5) is 0 Å². The Morgan fingerprint density at radius 1 is 0.397 bits per heavy atom. The Balaban J connectivity index is 0.00000202. The third-order valence-corrected chi connectivity index (χ3v) is 12.8. The minimum Gasteiger partial charge on any atom is -0.507 e. The molecule has 8 unspecified atom stereocenters. The number of rotatable bonds is 5. The van der Waals surface area contributed by atoms with Crippen molar-refractivity contribution in [2.75, 3.05) is 0 Å². The Morgan fingerprint density at radius 2 is 0.853 bits per heavy atom. The van der Waals surface area contributed by atoms with Gasteiger partial charge in [-0.05, 0) is 97.0 Å². The Labute approximate surface area is 571 Å². The van der Waals surface area contributed by atoms with E-state index in [1.807, 2.05) is 58.0 Å². The molecule has 0 saturated heterocycles. The minimum atomic E-state index is -1.77. The van der Waals surface area contributed by atoms with Crippen LogP contribution in [0.3, 0.4) is 0 Å². The zero-order chi connectivity index (χ0) is 44.9. The third kappa shape index (κ3) is 11.1. The van der Waals surface area contributed by atoms with E-state index in [1.54, 1.807) is 0 Å². The average molecular weight is 1990 g/mol. The molecule has 19 heteroatoms. The SMILES string of the molecule is Cc1cc(C)c2c(c1)OC(c1ccc(C)c(C)c1)C(O)C2c1c(O)cc(O)c2c1OC(c1ccc(O)c(O)c1)C(O)C2c1c(O)cc(O)c2c1OC(c1ccc(O)c(O)c1)C(O)C2.[Ac].[Ac].[Ac].[Ac].[Ac]. The molecule has 0 saturated carbocycles. The molecule has 0 aliphatic carbocycles. The van der Waals surface area contributed by atoms with Gasteiger partial charge in [0.15, 0.2) is 35.2 Å². The molecular weight excluding hydrogens is 1950 g/mol. The van der Waals surface area contributed by atoms with E-state index in [1.165, 1.54) is 36.4 Å². The second kappa shape index (κ2) is 24.3. The second-order valence-corrected chi connectivity index (χ2v) is 16.9. The second-order valence-electron chi connectivity index (χ2n) is 16.9. The van der Waals surface area contributed by atoms with Gasteiger partial charge < -0.3 is 70.4 Å². The fourth-order valence-corrected chi connectivity index (χ4v) is 9.59. The van der Waals surface area contributed by atoms with Crippen LogP contribution < -0.4 is 14.2 Å². The summed E-state index contributed by atoms with van der Waals surface area (Å²) in [5.74, 6) is -6.73. The minimum absolute atomic E-state index is 0. The first-order valence-corrected chi connectivity index (χ1v) is 20.4. The first-order valence-electron chi connectivity index (χ1n) is 20.4. The fraction of sp³-hybridized carbons (Fsp3) is 0.265. The van der Waals surface area contributed by atoms with Gasteiger partial charge in [-0.3, -0.25) is 0 Å². The summed E-state index contributed by atoms with van der Waals surface area (Å²) in [4.78, 5) is 0. The van der Waals surface area contributed by atoms with Crippen LogP contribution in [-0.2, 0) is 6.42 Å². The number of aromatic hydroxyl groups is 8. The Hall–Kier alpha value is 0.208. The molecule has 3 aliphatic rings. The first-order chi connectivity index (χ1) is 29.9. The molecule has 9 rings (SSSR count). The van der Waals surface area contributed by atoms with E-state index in [0.29, 0.717) is 22.4 Å². The maximum atomic E-state index is 12.6. The number of aliphatic hydroxyl groups is 3. The molecule has 14 nitrogen and oxygen atoms in total. The molecule has 11 N–H and O–H groups in total. The number of aryl methyl sites for hydroxylation is 4. The zero-order valence-corrected chi connectivity index (χ0v) is 61.1. The van der Waals surface area contributed by atoms with Crippen LogP contribution in [0.2, 0.25) is 0 Å². The number of phenolic OH excluding ortho intramolecular Hbond substituents is 8. The van der Waals surface area contributed by atoms with Gasteiger partial charge in [0.1, 0.15) is 58.6 Å². The van der Waals surface area contributed by atoms with E-state index in [4.69, 9.17) is 14.2 Å².